The molecule has 102 valence electrons. The molecule has 0 spiro atoms. The summed E-state index contributed by atoms with van der Waals surface area (Å²) >= 11 is 5.49. The van der Waals surface area contributed by atoms with Gasteiger partial charge in [0, 0.05) is 10.2 Å². The van der Waals surface area contributed by atoms with Crippen molar-refractivity contribution in [2.45, 2.75) is 50.8 Å². The molecule has 0 aromatic heterocycles. The van der Waals surface area contributed by atoms with Crippen molar-refractivity contribution in [3.05, 3.63) is 29.8 Å². The van der Waals surface area contributed by atoms with Gasteiger partial charge in [0.1, 0.15) is 0 Å². The number of hydrogen-bond acceptors (Lipinski definition) is 1. The Morgan fingerprint density at radius 3 is 2.22 bits per heavy atom. The van der Waals surface area contributed by atoms with Gasteiger partial charge in [-0.2, -0.15) is 0 Å². The Morgan fingerprint density at radius 1 is 1.11 bits per heavy atom. The molecular weight excluding hydrogens is 304 g/mol. The van der Waals surface area contributed by atoms with Crippen molar-refractivity contribution in [1.82, 2.24) is 0 Å². The molecule has 1 atom stereocenters. The first-order valence-corrected chi connectivity index (χ1v) is 8.83. The summed E-state index contributed by atoms with van der Waals surface area (Å²) in [5, 5.41) is 1.12. The van der Waals surface area contributed by atoms with Crippen molar-refractivity contribution in [2.75, 3.05) is 11.1 Å². The molecule has 0 fully saturated rings. The first kappa shape index (κ1) is 16.1. The van der Waals surface area contributed by atoms with E-state index in [2.05, 4.69) is 67.9 Å². The van der Waals surface area contributed by atoms with E-state index in [-0.39, 0.29) is 5.41 Å². The maximum Gasteiger partial charge on any atom is 0.00721 e. The van der Waals surface area contributed by atoms with E-state index in [1.807, 2.05) is 11.8 Å². The monoisotopic (exact) mass is 328 g/mol. The summed E-state index contributed by atoms with van der Waals surface area (Å²) in [6.07, 6.45) is 2.58. The molecule has 0 saturated heterocycles. The van der Waals surface area contributed by atoms with E-state index in [0.717, 1.165) is 11.2 Å². The molecule has 18 heavy (non-hydrogen) atoms. The van der Waals surface area contributed by atoms with E-state index in [9.17, 15) is 0 Å². The van der Waals surface area contributed by atoms with Gasteiger partial charge >= 0.3 is 0 Å². The third kappa shape index (κ3) is 5.79. The molecule has 0 amide bonds. The minimum atomic E-state index is 0.258. The molecule has 2 heteroatoms. The second kappa shape index (κ2) is 7.59. The van der Waals surface area contributed by atoms with Crippen LogP contribution in [0.15, 0.2) is 29.2 Å². The van der Waals surface area contributed by atoms with Crippen molar-refractivity contribution in [2.24, 2.45) is 5.92 Å². The summed E-state index contributed by atoms with van der Waals surface area (Å²) in [7, 11) is 0. The third-order valence-corrected chi connectivity index (χ3v) is 4.70. The first-order valence-electron chi connectivity index (χ1n) is 6.73. The summed E-state index contributed by atoms with van der Waals surface area (Å²) in [6.45, 7) is 9.12. The molecule has 0 nitrogen and oxygen atoms in total. The predicted octanol–water partition coefficient (Wildman–Crippen LogP) is 5.89. The largest absolute Gasteiger partial charge is 0.126 e. The molecule has 0 bridgehead atoms. The number of alkyl halides is 1. The maximum atomic E-state index is 3.51. The molecule has 0 heterocycles. The smallest absolute Gasteiger partial charge is 0.00721 e. The van der Waals surface area contributed by atoms with Crippen molar-refractivity contribution >= 4 is 27.7 Å². The van der Waals surface area contributed by atoms with Crippen LogP contribution in [-0.4, -0.2) is 11.1 Å². The minimum Gasteiger partial charge on any atom is -0.126 e. The van der Waals surface area contributed by atoms with Crippen LogP contribution >= 0.6 is 27.7 Å². The van der Waals surface area contributed by atoms with Crippen molar-refractivity contribution in [3.8, 4) is 0 Å². The number of thioether (sulfide) groups is 1. The maximum absolute atomic E-state index is 3.51. The lowest BCUT2D eigenvalue weighted by Crippen LogP contribution is -2.10. The molecule has 0 saturated carbocycles. The average molecular weight is 329 g/mol. The number of benzene rings is 1. The molecule has 1 aromatic carbocycles. The highest BCUT2D eigenvalue weighted by atomic mass is 79.9. The highest BCUT2D eigenvalue weighted by Crippen LogP contribution is 2.26. The Hall–Kier alpha value is 0.0500. The molecule has 0 aliphatic rings. The van der Waals surface area contributed by atoms with Crippen LogP contribution in [0.1, 0.15) is 46.1 Å². The summed E-state index contributed by atoms with van der Waals surface area (Å²) in [6, 6.07) is 9.06. The fourth-order valence-electron chi connectivity index (χ4n) is 1.76. The van der Waals surface area contributed by atoms with E-state index in [4.69, 9.17) is 0 Å². The highest BCUT2D eigenvalue weighted by molar-refractivity contribution is 9.09. The summed E-state index contributed by atoms with van der Waals surface area (Å²) in [4.78, 5) is 1.40. The first-order chi connectivity index (χ1) is 8.43. The predicted molar refractivity (Wildman–Crippen MR) is 88.1 cm³/mol. The van der Waals surface area contributed by atoms with E-state index in [1.165, 1.54) is 29.1 Å². The summed E-state index contributed by atoms with van der Waals surface area (Å²) in [5.41, 5.74) is 1.67. The van der Waals surface area contributed by atoms with Gasteiger partial charge < -0.3 is 0 Å². The van der Waals surface area contributed by atoms with Crippen LogP contribution in [0, 0.1) is 5.92 Å². The van der Waals surface area contributed by atoms with Gasteiger partial charge in [-0.15, -0.1) is 11.8 Å². The van der Waals surface area contributed by atoms with E-state index >= 15 is 0 Å². The molecule has 1 aromatic rings. The highest BCUT2D eigenvalue weighted by Gasteiger charge is 2.12. The van der Waals surface area contributed by atoms with Crippen molar-refractivity contribution < 1.29 is 0 Å². The lowest BCUT2D eigenvalue weighted by Gasteiger charge is -2.19. The molecule has 0 aliphatic carbocycles. The molecule has 1 unspecified atom stereocenters. The third-order valence-electron chi connectivity index (χ3n) is 3.20. The van der Waals surface area contributed by atoms with E-state index in [0.29, 0.717) is 0 Å². The topological polar surface area (TPSA) is 0 Å². The van der Waals surface area contributed by atoms with E-state index < -0.39 is 0 Å². The standard InChI is InChI=1S/C16H25BrS/c1-13(9-11-17)10-12-18-15-7-5-14(6-8-15)16(2,3)4/h5-8,13H,9-12H2,1-4H3. The normalized spacial score (nSPS) is 13.6. The Morgan fingerprint density at radius 2 is 1.72 bits per heavy atom. The van der Waals surface area contributed by atoms with Gasteiger partial charge in [0.15, 0.2) is 0 Å². The number of hydrogen-bond donors (Lipinski definition) is 0. The van der Waals surface area contributed by atoms with Gasteiger partial charge in [-0.05, 0) is 47.6 Å². The number of halogens is 1. The van der Waals surface area contributed by atoms with Crippen LogP contribution in [0.25, 0.3) is 0 Å². The van der Waals surface area contributed by atoms with Crippen LogP contribution < -0.4 is 0 Å². The van der Waals surface area contributed by atoms with Gasteiger partial charge in [-0.25, -0.2) is 0 Å². The van der Waals surface area contributed by atoms with Crippen LogP contribution in [-0.2, 0) is 5.41 Å². The lowest BCUT2D eigenvalue weighted by molar-refractivity contribution is 0.555. The SMILES string of the molecule is CC(CCBr)CCSc1ccc(C(C)(C)C)cc1. The molecule has 1 rings (SSSR count). The lowest BCUT2D eigenvalue weighted by atomic mass is 9.87. The average Bonchev–Trinajstić information content (AvgIpc) is 2.29. The zero-order valence-electron chi connectivity index (χ0n) is 12.0. The Kier molecular flexibility index (Phi) is 6.79. The van der Waals surface area contributed by atoms with Gasteiger partial charge in [0.2, 0.25) is 0 Å². The fourth-order valence-corrected chi connectivity index (χ4v) is 3.63. The van der Waals surface area contributed by atoms with Crippen LogP contribution in [0.4, 0.5) is 0 Å². The van der Waals surface area contributed by atoms with E-state index in [1.54, 1.807) is 0 Å². The molecular formula is C16H25BrS. The summed E-state index contributed by atoms with van der Waals surface area (Å²) < 4.78 is 0. The van der Waals surface area contributed by atoms with Gasteiger partial charge in [0.05, 0.1) is 0 Å². The van der Waals surface area contributed by atoms with Gasteiger partial charge in [0.25, 0.3) is 0 Å². The van der Waals surface area contributed by atoms with Crippen LogP contribution in [0.3, 0.4) is 0 Å². The van der Waals surface area contributed by atoms with Crippen LogP contribution in [0.2, 0.25) is 0 Å². The van der Waals surface area contributed by atoms with Crippen molar-refractivity contribution in [3.63, 3.8) is 0 Å². The zero-order valence-corrected chi connectivity index (χ0v) is 14.4. The molecule has 0 N–H and O–H groups in total. The van der Waals surface area contributed by atoms with Crippen LogP contribution in [0.5, 0.6) is 0 Å². The molecule has 0 aliphatic heterocycles. The number of rotatable bonds is 6. The van der Waals surface area contributed by atoms with Gasteiger partial charge in [-0.3, -0.25) is 0 Å². The summed E-state index contributed by atoms with van der Waals surface area (Å²) in [5.74, 6) is 2.05. The second-order valence-electron chi connectivity index (χ2n) is 5.99. The Bertz CT molecular complexity index is 337. The minimum absolute atomic E-state index is 0.258. The van der Waals surface area contributed by atoms with Crippen molar-refractivity contribution in [1.29, 1.82) is 0 Å². The zero-order chi connectivity index (χ0) is 13.6. The Labute approximate surface area is 125 Å². The van der Waals surface area contributed by atoms with Gasteiger partial charge in [-0.1, -0.05) is 55.8 Å². The quantitative estimate of drug-likeness (QED) is 0.463. The Balaban J connectivity index is 2.40. The fraction of sp³-hybridized carbons (Fsp3) is 0.625. The molecule has 0 radical (unpaired) electrons. The second-order valence-corrected chi connectivity index (χ2v) is 7.96.